The monoisotopic (exact) mass is 435 g/mol. The van der Waals surface area contributed by atoms with Crippen LogP contribution < -0.4 is 10.6 Å². The summed E-state index contributed by atoms with van der Waals surface area (Å²) >= 11 is 1.19. The number of rotatable bonds is 10. The average Bonchev–Trinajstić information content (AvgIpc) is 3.10. The molecule has 2 N–H and O–H groups in total. The first kappa shape index (κ1) is 23.5. The number of carbonyl (C=O) groups is 3. The van der Waals surface area contributed by atoms with Gasteiger partial charge in [-0.25, -0.2) is 9.18 Å². The summed E-state index contributed by atoms with van der Waals surface area (Å²) in [6.45, 7) is 4.48. The lowest BCUT2D eigenvalue weighted by molar-refractivity contribution is -0.122. The number of esters is 1. The van der Waals surface area contributed by atoms with Crippen LogP contribution in [0.3, 0.4) is 0 Å². The van der Waals surface area contributed by atoms with Gasteiger partial charge in [-0.15, -0.1) is 11.3 Å². The van der Waals surface area contributed by atoms with Gasteiger partial charge in [-0.05, 0) is 38.1 Å². The van der Waals surface area contributed by atoms with Gasteiger partial charge in [0.1, 0.15) is 16.4 Å². The van der Waals surface area contributed by atoms with E-state index in [2.05, 4.69) is 10.6 Å². The molecule has 0 aliphatic heterocycles. The molecule has 0 saturated carbocycles. The van der Waals surface area contributed by atoms with Crippen LogP contribution in [0.15, 0.2) is 29.6 Å². The average molecular weight is 436 g/mol. The van der Waals surface area contributed by atoms with Crippen molar-refractivity contribution < 1.29 is 23.5 Å². The first-order valence-electron chi connectivity index (χ1n) is 9.65. The van der Waals surface area contributed by atoms with E-state index in [9.17, 15) is 18.8 Å². The maximum absolute atomic E-state index is 13.3. The van der Waals surface area contributed by atoms with Crippen LogP contribution in [0, 0.1) is 5.82 Å². The lowest BCUT2D eigenvalue weighted by Gasteiger charge is -2.16. The number of hydrogen-bond acceptors (Lipinski definition) is 6. The first-order valence-corrected chi connectivity index (χ1v) is 10.5. The van der Waals surface area contributed by atoms with E-state index in [0.29, 0.717) is 22.7 Å². The number of benzene rings is 1. The van der Waals surface area contributed by atoms with Gasteiger partial charge in [-0.1, -0.05) is 19.1 Å². The Morgan fingerprint density at radius 1 is 1.10 bits per heavy atom. The van der Waals surface area contributed by atoms with E-state index >= 15 is 0 Å². The van der Waals surface area contributed by atoms with Crippen molar-refractivity contribution in [2.24, 2.45) is 0 Å². The predicted octanol–water partition coefficient (Wildman–Crippen LogP) is 3.13. The molecule has 1 aromatic heterocycles. The smallest absolute Gasteiger partial charge is 0.341 e. The van der Waals surface area contributed by atoms with Gasteiger partial charge in [0, 0.05) is 17.5 Å². The lowest BCUT2D eigenvalue weighted by atomic mass is 10.0. The zero-order valence-electron chi connectivity index (χ0n) is 17.3. The van der Waals surface area contributed by atoms with Gasteiger partial charge in [0.05, 0.1) is 19.7 Å². The lowest BCUT2D eigenvalue weighted by Crippen LogP contribution is -2.39. The van der Waals surface area contributed by atoms with Gasteiger partial charge < -0.3 is 15.4 Å². The third-order valence-corrected chi connectivity index (χ3v) is 4.97. The number of hydrogen-bond donors (Lipinski definition) is 2. The molecule has 1 heterocycles. The Kier molecular flexibility index (Phi) is 8.94. The molecule has 0 atom stereocenters. The molecule has 162 valence electrons. The van der Waals surface area contributed by atoms with E-state index < -0.39 is 5.97 Å². The molecule has 0 saturated heterocycles. The Morgan fingerprint density at radius 2 is 1.77 bits per heavy atom. The fourth-order valence-electron chi connectivity index (χ4n) is 2.73. The molecule has 7 nitrogen and oxygen atoms in total. The fourth-order valence-corrected chi connectivity index (χ4v) is 3.70. The van der Waals surface area contributed by atoms with Crippen molar-refractivity contribution in [3.05, 3.63) is 41.0 Å². The Hall–Kier alpha value is -2.78. The van der Waals surface area contributed by atoms with Crippen LogP contribution in [0.2, 0.25) is 0 Å². The molecule has 0 aliphatic carbocycles. The van der Waals surface area contributed by atoms with Crippen molar-refractivity contribution in [2.45, 2.75) is 20.3 Å². The first-order chi connectivity index (χ1) is 14.3. The minimum atomic E-state index is -0.569. The molecule has 0 unspecified atom stereocenters. The van der Waals surface area contributed by atoms with Gasteiger partial charge >= 0.3 is 5.97 Å². The van der Waals surface area contributed by atoms with Gasteiger partial charge in [0.25, 0.3) is 0 Å². The highest BCUT2D eigenvalue weighted by molar-refractivity contribution is 7.15. The molecule has 2 aromatic rings. The molecule has 1 aromatic carbocycles. The number of likely N-dealkylation sites (N-methyl/N-ethyl adjacent to an activating group) is 1. The second-order valence-electron chi connectivity index (χ2n) is 6.65. The van der Waals surface area contributed by atoms with E-state index in [-0.39, 0.29) is 42.9 Å². The molecule has 2 rings (SSSR count). The van der Waals surface area contributed by atoms with Crippen LogP contribution in [-0.4, -0.2) is 56.0 Å². The minimum absolute atomic E-state index is 0.0222. The van der Waals surface area contributed by atoms with Crippen molar-refractivity contribution in [2.75, 3.05) is 38.6 Å². The van der Waals surface area contributed by atoms with E-state index in [4.69, 9.17) is 4.74 Å². The van der Waals surface area contributed by atoms with Crippen molar-refractivity contribution in [1.29, 1.82) is 0 Å². The van der Waals surface area contributed by atoms with Crippen LogP contribution in [0.25, 0.3) is 11.1 Å². The summed E-state index contributed by atoms with van der Waals surface area (Å²) in [6, 6.07) is 5.74. The summed E-state index contributed by atoms with van der Waals surface area (Å²) in [4.78, 5) is 38.4. The maximum Gasteiger partial charge on any atom is 0.341 e. The zero-order valence-corrected chi connectivity index (χ0v) is 18.1. The van der Waals surface area contributed by atoms with Crippen LogP contribution >= 0.6 is 11.3 Å². The summed E-state index contributed by atoms with van der Waals surface area (Å²) < 4.78 is 18.4. The van der Waals surface area contributed by atoms with E-state index in [1.54, 1.807) is 36.4 Å². The number of nitrogens with one attached hydrogen (secondary N) is 2. The van der Waals surface area contributed by atoms with Gasteiger partial charge in [0.15, 0.2) is 0 Å². The quantitative estimate of drug-likeness (QED) is 0.560. The Bertz CT molecular complexity index is 883. The Balaban J connectivity index is 2.14. The van der Waals surface area contributed by atoms with Crippen molar-refractivity contribution >= 4 is 34.1 Å². The second-order valence-corrected chi connectivity index (χ2v) is 7.53. The highest BCUT2D eigenvalue weighted by Crippen LogP contribution is 2.36. The van der Waals surface area contributed by atoms with Gasteiger partial charge in [0.2, 0.25) is 11.8 Å². The van der Waals surface area contributed by atoms with E-state index in [0.717, 1.165) is 6.42 Å². The summed E-state index contributed by atoms with van der Waals surface area (Å²) in [7, 11) is 1.66. The number of amides is 2. The SMILES string of the molecule is CCCNC(=O)CN(C)CC(=O)Nc1scc(-c2ccc(F)cc2)c1C(=O)OCC. The van der Waals surface area contributed by atoms with Crippen molar-refractivity contribution in [3.63, 3.8) is 0 Å². The molecule has 30 heavy (non-hydrogen) atoms. The van der Waals surface area contributed by atoms with E-state index in [1.165, 1.54) is 23.5 Å². The van der Waals surface area contributed by atoms with Crippen LogP contribution in [0.4, 0.5) is 9.39 Å². The number of halogens is 1. The highest BCUT2D eigenvalue weighted by atomic mass is 32.1. The summed E-state index contributed by atoms with van der Waals surface area (Å²) in [5, 5.41) is 7.55. The largest absolute Gasteiger partial charge is 0.462 e. The molecular formula is C21H26FN3O4S. The third-order valence-electron chi connectivity index (χ3n) is 4.08. The number of thiophene rings is 1. The summed E-state index contributed by atoms with van der Waals surface area (Å²) in [5.74, 6) is -1.47. The predicted molar refractivity (Wildman–Crippen MR) is 115 cm³/mol. The van der Waals surface area contributed by atoms with Gasteiger partial charge in [-0.3, -0.25) is 14.5 Å². The zero-order chi connectivity index (χ0) is 22.1. The van der Waals surface area contributed by atoms with Crippen LogP contribution in [0.1, 0.15) is 30.6 Å². The highest BCUT2D eigenvalue weighted by Gasteiger charge is 2.23. The molecule has 9 heteroatoms. The minimum Gasteiger partial charge on any atom is -0.462 e. The maximum atomic E-state index is 13.3. The normalized spacial score (nSPS) is 10.7. The molecule has 0 aliphatic rings. The molecule has 0 radical (unpaired) electrons. The fraction of sp³-hybridized carbons (Fsp3) is 0.381. The Morgan fingerprint density at radius 3 is 2.40 bits per heavy atom. The standard InChI is InChI=1S/C21H26FN3O4S/c1-4-10-23-17(26)11-25(3)12-18(27)24-20-19(21(28)29-5-2)16(13-30-20)14-6-8-15(22)9-7-14/h6-9,13H,4-5,10-12H2,1-3H3,(H,23,26)(H,24,27). The molecule has 0 fully saturated rings. The van der Waals surface area contributed by atoms with Crippen molar-refractivity contribution in [1.82, 2.24) is 10.2 Å². The number of ether oxygens (including phenoxy) is 1. The summed E-state index contributed by atoms with van der Waals surface area (Å²) in [6.07, 6.45) is 0.835. The summed E-state index contributed by atoms with van der Waals surface area (Å²) in [5.41, 5.74) is 1.42. The molecule has 0 bridgehead atoms. The van der Waals surface area contributed by atoms with E-state index in [1.807, 2.05) is 6.92 Å². The van der Waals surface area contributed by atoms with Gasteiger partial charge in [-0.2, -0.15) is 0 Å². The molecule has 2 amide bonds. The van der Waals surface area contributed by atoms with Crippen molar-refractivity contribution in [3.8, 4) is 11.1 Å². The number of nitrogens with zero attached hydrogens (tertiary/aromatic N) is 1. The topological polar surface area (TPSA) is 87.7 Å². The Labute approximate surface area is 179 Å². The molecule has 0 spiro atoms. The number of carbonyl (C=O) groups excluding carboxylic acids is 3. The number of anilines is 1. The molecular weight excluding hydrogens is 409 g/mol. The second kappa shape index (κ2) is 11.4. The third kappa shape index (κ3) is 6.64. The van der Waals surface area contributed by atoms with Crippen LogP contribution in [-0.2, 0) is 14.3 Å². The van der Waals surface area contributed by atoms with Crippen LogP contribution in [0.5, 0.6) is 0 Å².